The molecule has 9 heteroatoms. The summed E-state index contributed by atoms with van der Waals surface area (Å²) in [5.41, 5.74) is 0.0000585. The molecule has 0 saturated carbocycles. The molecule has 0 bridgehead atoms. The Kier molecular flexibility index (Phi) is 6.35. The van der Waals surface area contributed by atoms with Gasteiger partial charge in [0.2, 0.25) is 0 Å². The molecule has 3 atom stereocenters. The lowest BCUT2D eigenvalue weighted by molar-refractivity contribution is -0.131. The summed E-state index contributed by atoms with van der Waals surface area (Å²) in [7, 11) is 0. The van der Waals surface area contributed by atoms with Crippen LogP contribution < -0.4 is 10.1 Å². The van der Waals surface area contributed by atoms with Crippen LogP contribution in [-0.2, 0) is 9.53 Å². The second-order valence-corrected chi connectivity index (χ2v) is 7.99. The normalized spacial score (nSPS) is 22.4. The quantitative estimate of drug-likeness (QED) is 0.672. The van der Waals surface area contributed by atoms with Crippen LogP contribution >= 0.6 is 0 Å². The number of hydrogen-bond acceptors (Lipinski definition) is 5. The standard InChI is InChI=1S/C22H23F3N2O4/c1-11-18(15-6-5-13(23)9-17(15)30-21(24)25)19(31-22(11,3)4)20(29)27-14-7-8-26-16(10-14)12(2)28/h5-11,18-19,21H,1-4H3,(H,26,27,29)/t11-,18+,19-/m1/s1. The minimum Gasteiger partial charge on any atom is -0.434 e. The molecule has 0 aliphatic carbocycles. The van der Waals surface area contributed by atoms with E-state index in [0.29, 0.717) is 5.69 Å². The van der Waals surface area contributed by atoms with Crippen molar-refractivity contribution in [3.63, 3.8) is 0 Å². The number of nitrogens with one attached hydrogen (secondary N) is 1. The minimum atomic E-state index is -3.15. The first-order chi connectivity index (χ1) is 14.5. The van der Waals surface area contributed by atoms with E-state index in [4.69, 9.17) is 4.74 Å². The third-order valence-corrected chi connectivity index (χ3v) is 5.59. The third-order valence-electron chi connectivity index (χ3n) is 5.59. The molecule has 1 saturated heterocycles. The zero-order valence-corrected chi connectivity index (χ0v) is 17.5. The number of alkyl halides is 2. The number of halogens is 3. The van der Waals surface area contributed by atoms with E-state index in [1.54, 1.807) is 13.8 Å². The van der Waals surface area contributed by atoms with Crippen molar-refractivity contribution in [2.75, 3.05) is 5.32 Å². The minimum absolute atomic E-state index is 0.182. The maximum absolute atomic E-state index is 13.7. The highest BCUT2D eigenvalue weighted by Crippen LogP contribution is 2.48. The molecule has 166 valence electrons. The van der Waals surface area contributed by atoms with Crippen LogP contribution in [0.3, 0.4) is 0 Å². The maximum Gasteiger partial charge on any atom is 0.387 e. The van der Waals surface area contributed by atoms with Gasteiger partial charge >= 0.3 is 6.61 Å². The van der Waals surface area contributed by atoms with Crippen LogP contribution in [0.4, 0.5) is 18.9 Å². The van der Waals surface area contributed by atoms with E-state index in [1.165, 1.54) is 31.3 Å². The van der Waals surface area contributed by atoms with Gasteiger partial charge in [-0.15, -0.1) is 0 Å². The Morgan fingerprint density at radius 1 is 1.23 bits per heavy atom. The number of carbonyl (C=O) groups is 2. The topological polar surface area (TPSA) is 77.5 Å². The summed E-state index contributed by atoms with van der Waals surface area (Å²) in [5, 5.41) is 2.69. The predicted octanol–water partition coefficient (Wildman–Crippen LogP) is 4.56. The summed E-state index contributed by atoms with van der Waals surface area (Å²) in [6, 6.07) is 6.28. The Bertz CT molecular complexity index is 996. The monoisotopic (exact) mass is 436 g/mol. The number of rotatable bonds is 6. The van der Waals surface area contributed by atoms with Gasteiger partial charge < -0.3 is 14.8 Å². The summed E-state index contributed by atoms with van der Waals surface area (Å²) in [6.45, 7) is 3.60. The highest BCUT2D eigenvalue weighted by atomic mass is 19.3. The molecule has 0 spiro atoms. The van der Waals surface area contributed by atoms with E-state index in [2.05, 4.69) is 15.0 Å². The van der Waals surface area contributed by atoms with Crippen molar-refractivity contribution in [2.45, 2.75) is 51.9 Å². The molecule has 1 N–H and O–H groups in total. The fraction of sp³-hybridized carbons (Fsp3) is 0.409. The fourth-order valence-corrected chi connectivity index (χ4v) is 3.75. The first-order valence-electron chi connectivity index (χ1n) is 9.69. The molecule has 0 radical (unpaired) electrons. The number of anilines is 1. The Labute approximate surface area is 177 Å². The van der Waals surface area contributed by atoms with Crippen molar-refractivity contribution in [3.05, 3.63) is 53.6 Å². The molecule has 3 rings (SSSR count). The molecule has 1 fully saturated rings. The fourth-order valence-electron chi connectivity index (χ4n) is 3.75. The van der Waals surface area contributed by atoms with Gasteiger partial charge in [-0.05, 0) is 38.0 Å². The Morgan fingerprint density at radius 3 is 2.58 bits per heavy atom. The molecule has 31 heavy (non-hydrogen) atoms. The van der Waals surface area contributed by atoms with Gasteiger partial charge in [0, 0.05) is 36.4 Å². The maximum atomic E-state index is 13.7. The van der Waals surface area contributed by atoms with E-state index in [0.717, 1.165) is 12.1 Å². The van der Waals surface area contributed by atoms with Crippen LogP contribution in [0.2, 0.25) is 0 Å². The van der Waals surface area contributed by atoms with Gasteiger partial charge in [0.25, 0.3) is 5.91 Å². The molecule has 1 amide bonds. The molecule has 1 aliphatic rings. The van der Waals surface area contributed by atoms with Crippen molar-refractivity contribution in [2.24, 2.45) is 5.92 Å². The number of carbonyl (C=O) groups excluding carboxylic acids is 2. The van der Waals surface area contributed by atoms with E-state index in [1.807, 2.05) is 6.92 Å². The van der Waals surface area contributed by atoms with Crippen LogP contribution in [0.1, 0.15) is 49.7 Å². The lowest BCUT2D eigenvalue weighted by atomic mass is 9.78. The predicted molar refractivity (Wildman–Crippen MR) is 107 cm³/mol. The number of nitrogens with zero attached hydrogens (tertiary/aromatic N) is 1. The largest absolute Gasteiger partial charge is 0.434 e. The van der Waals surface area contributed by atoms with E-state index >= 15 is 0 Å². The molecular formula is C22H23F3N2O4. The van der Waals surface area contributed by atoms with Crippen LogP contribution in [0.5, 0.6) is 5.75 Å². The molecule has 1 aromatic heterocycles. The smallest absolute Gasteiger partial charge is 0.387 e. The molecule has 1 aliphatic heterocycles. The highest BCUT2D eigenvalue weighted by Gasteiger charge is 2.51. The number of ether oxygens (including phenoxy) is 2. The average Bonchev–Trinajstić information content (AvgIpc) is 2.91. The number of hydrogen-bond donors (Lipinski definition) is 1. The lowest BCUT2D eigenvalue weighted by Crippen LogP contribution is -2.33. The van der Waals surface area contributed by atoms with Crippen molar-refractivity contribution >= 4 is 17.4 Å². The molecule has 0 unspecified atom stereocenters. The SMILES string of the molecule is CC(=O)c1cc(NC(=O)[C@@H]2OC(C)(C)[C@H](C)[C@H]2c2ccc(F)cc2OC(F)F)ccn1. The van der Waals surface area contributed by atoms with Crippen LogP contribution in [0.15, 0.2) is 36.5 Å². The van der Waals surface area contributed by atoms with Gasteiger partial charge in [-0.1, -0.05) is 13.0 Å². The first kappa shape index (κ1) is 22.7. The Morgan fingerprint density at radius 2 is 1.94 bits per heavy atom. The van der Waals surface area contributed by atoms with E-state index in [-0.39, 0.29) is 28.7 Å². The van der Waals surface area contributed by atoms with E-state index < -0.39 is 36.0 Å². The van der Waals surface area contributed by atoms with Crippen molar-refractivity contribution < 1.29 is 32.2 Å². The second kappa shape index (κ2) is 8.66. The molecular weight excluding hydrogens is 413 g/mol. The summed E-state index contributed by atoms with van der Waals surface area (Å²) >= 11 is 0. The van der Waals surface area contributed by atoms with Gasteiger partial charge in [-0.3, -0.25) is 14.6 Å². The zero-order chi connectivity index (χ0) is 22.9. The van der Waals surface area contributed by atoms with Gasteiger partial charge in [0.1, 0.15) is 23.4 Å². The number of Topliss-reactive ketones (excluding diaryl/α,β-unsaturated/α-hetero) is 1. The van der Waals surface area contributed by atoms with Crippen LogP contribution in [0, 0.1) is 11.7 Å². The number of aromatic nitrogens is 1. The number of benzene rings is 1. The van der Waals surface area contributed by atoms with Gasteiger partial charge in [0.05, 0.1) is 5.60 Å². The van der Waals surface area contributed by atoms with Crippen molar-refractivity contribution in [3.8, 4) is 5.75 Å². The lowest BCUT2D eigenvalue weighted by Gasteiger charge is -2.26. The summed E-state index contributed by atoms with van der Waals surface area (Å²) in [5.74, 6) is -2.85. The summed E-state index contributed by atoms with van der Waals surface area (Å²) in [6.07, 6.45) is 0.324. The Balaban J connectivity index is 1.96. The van der Waals surface area contributed by atoms with E-state index in [9.17, 15) is 22.8 Å². The number of ketones is 1. The van der Waals surface area contributed by atoms with Gasteiger partial charge in [0.15, 0.2) is 5.78 Å². The van der Waals surface area contributed by atoms with Gasteiger partial charge in [-0.25, -0.2) is 4.39 Å². The molecule has 1 aromatic carbocycles. The average molecular weight is 436 g/mol. The Hall–Kier alpha value is -2.94. The first-order valence-corrected chi connectivity index (χ1v) is 9.69. The summed E-state index contributed by atoms with van der Waals surface area (Å²) < 4.78 is 50.1. The highest BCUT2D eigenvalue weighted by molar-refractivity contribution is 5.97. The molecule has 2 aromatic rings. The van der Waals surface area contributed by atoms with Crippen molar-refractivity contribution in [1.29, 1.82) is 0 Å². The van der Waals surface area contributed by atoms with Crippen LogP contribution in [-0.4, -0.2) is 35.0 Å². The number of pyridine rings is 1. The van der Waals surface area contributed by atoms with Crippen molar-refractivity contribution in [1.82, 2.24) is 4.98 Å². The van der Waals surface area contributed by atoms with Gasteiger partial charge in [-0.2, -0.15) is 8.78 Å². The summed E-state index contributed by atoms with van der Waals surface area (Å²) in [4.78, 5) is 28.6. The second-order valence-electron chi connectivity index (χ2n) is 7.99. The molecule has 6 nitrogen and oxygen atoms in total. The number of amides is 1. The third kappa shape index (κ3) is 4.87. The van der Waals surface area contributed by atoms with Crippen LogP contribution in [0.25, 0.3) is 0 Å². The molecule has 2 heterocycles. The zero-order valence-electron chi connectivity index (χ0n) is 17.5.